The molecular weight excluding hydrogens is 1880 g/mol. The number of likely N-dealkylation sites (N-methyl/N-ethyl adjacent to an activating group) is 1. The summed E-state index contributed by atoms with van der Waals surface area (Å²) in [6.45, 7) is 16.4. The fourth-order valence-electron chi connectivity index (χ4n) is 16.3. The van der Waals surface area contributed by atoms with Crippen molar-refractivity contribution in [1.82, 2.24) is 36.5 Å². The van der Waals surface area contributed by atoms with Crippen LogP contribution < -0.4 is 52.0 Å². The Morgan fingerprint density at radius 3 is 2.16 bits per heavy atom. The molecule has 21 atom stereocenters. The van der Waals surface area contributed by atoms with Gasteiger partial charge in [0.2, 0.25) is 40.8 Å². The molecule has 131 heavy (non-hydrogen) atoms. The molecule has 5 heterocycles. The highest BCUT2D eigenvalue weighted by atomic mass is 127. The van der Waals surface area contributed by atoms with Gasteiger partial charge in [-0.3, -0.25) is 43.7 Å². The average molecular weight is 2010 g/mol. The van der Waals surface area contributed by atoms with Gasteiger partial charge in [0.1, 0.15) is 43.2 Å². The molecule has 0 aromatic heterocycles. The van der Waals surface area contributed by atoms with Crippen LogP contribution in [0.5, 0.6) is 17.2 Å². The zero-order chi connectivity index (χ0) is 95.8. The second kappa shape index (κ2) is 50.6. The fourth-order valence-corrected chi connectivity index (χ4v) is 20.0. The van der Waals surface area contributed by atoms with E-state index < -0.39 is 180 Å². The number of nitrogens with zero attached hydrogens (tertiary/aromatic N) is 2. The molecule has 0 saturated carbocycles. The van der Waals surface area contributed by atoms with Gasteiger partial charge in [-0.2, -0.15) is 5.48 Å². The Morgan fingerprint density at radius 2 is 1.52 bits per heavy atom. The Hall–Kier alpha value is -7.94. The fraction of sp³-hybridized carbons (Fsp3) is 0.640. The van der Waals surface area contributed by atoms with Gasteiger partial charge in [0, 0.05) is 119 Å². The van der Waals surface area contributed by atoms with Crippen molar-refractivity contribution in [1.29, 1.82) is 0 Å². The molecule has 42 heteroatoms. The summed E-state index contributed by atoms with van der Waals surface area (Å²) in [4.78, 5) is 144. The van der Waals surface area contributed by atoms with Crippen molar-refractivity contribution in [3.05, 3.63) is 79.6 Å². The van der Waals surface area contributed by atoms with Crippen LogP contribution in [0.25, 0.3) is 0 Å². The van der Waals surface area contributed by atoms with Gasteiger partial charge in [-0.1, -0.05) is 103 Å². The molecular formula is C89H124IN9O29S3. The number of nitrogens with one attached hydrogen (secondary N) is 6. The number of likely N-dealkylation sites (tertiary alicyclic amines) is 1. The largest absolute Gasteiger partial charge is 0.492 e. The van der Waals surface area contributed by atoms with Gasteiger partial charge in [-0.25, -0.2) is 14.4 Å². The standard InChI is InChI=1S/C89H124IN9O29S3/c1-16-99(88(113)121-43-51-27-29-54(30-28-51)94-82(109)53(23-22-35-93-86(91)111)39-57(100)69(45(2)3)95-62(103)25-21-26-63(104)98-36-31-52(32-37-98)81(108)92-10)56-44-120-64(41-61(56)115-11)126-78-73(106)70(48(7)123-85(78)125-60-24-19-17-18-20-34-89(114)42-59(102)71(96-87(112)119-15)67(60)55(89)33-38-129-131-46(4)5)97-128-65-40-58(101)80(50(9)122-65)130-83(110)66-47(6)68(90)76(79(118-14)75(66)116-12)127-84-74(107)77(117-13)72(105)49(8)124-84/h17-18,27-30,33,45-46,48-50,52-53,56,58,60-61,64-65,69-70,72-74,77-78,80,84-85,97,101,105-107,114H,16,21-23,25-26,31-32,35-44H2,1-15H3,(H,92,108)(H,94,109)(H,95,103)(H,96,112)(H3,91,93,111)/b18-17-,55-33+/t48?,49?,50?,53-,56?,58?,60+,61?,64?,65?,69+,70?,72?,73?,74?,77?,78?,80?,84?,85?,89+/m1/s1. The van der Waals surface area contributed by atoms with Crippen molar-refractivity contribution in [2.24, 2.45) is 23.5 Å². The van der Waals surface area contributed by atoms with Crippen molar-refractivity contribution in [2.45, 2.75) is 266 Å². The number of carbonyl (C=O) groups is 10. The molecule has 2 aromatic carbocycles. The Kier molecular flexibility index (Phi) is 41.2. The van der Waals surface area contributed by atoms with Gasteiger partial charge in [-0.05, 0) is 131 Å². The number of hydrogen-bond acceptors (Lipinski definition) is 33. The van der Waals surface area contributed by atoms with E-state index in [1.807, 2.05) is 36.4 Å². The number of nitrogens with two attached hydrogens (primary N) is 1. The minimum absolute atomic E-state index is 0.00843. The molecule has 5 saturated heterocycles. The number of benzene rings is 2. The van der Waals surface area contributed by atoms with Crippen molar-refractivity contribution in [2.75, 3.05) is 86.5 Å². The number of aliphatic hydroxyl groups excluding tert-OH is 4. The molecule has 2 bridgehead atoms. The third-order valence-corrected chi connectivity index (χ3v) is 28.9. The number of ether oxygens (including phenoxy) is 13. The van der Waals surface area contributed by atoms with Crippen LogP contribution in [-0.2, 0) is 87.6 Å². The summed E-state index contributed by atoms with van der Waals surface area (Å²) in [7, 11) is 11.1. The molecule has 5 fully saturated rings. The number of methoxy groups -OCH3 is 5. The lowest BCUT2D eigenvalue weighted by molar-refractivity contribution is -0.337. The zero-order valence-corrected chi connectivity index (χ0v) is 80.8. The summed E-state index contributed by atoms with van der Waals surface area (Å²) >= 11 is 2.76. The number of carbonyl (C=O) groups excluding carboxylic acids is 10. The highest BCUT2D eigenvalue weighted by Crippen LogP contribution is 2.50. The number of hydrogen-bond donors (Lipinski definition) is 12. The summed E-state index contributed by atoms with van der Waals surface area (Å²) in [5.41, 5.74) is 7.01. The van der Waals surface area contributed by atoms with E-state index in [1.165, 1.54) is 56.3 Å². The van der Waals surface area contributed by atoms with E-state index in [9.17, 15) is 73.5 Å². The van der Waals surface area contributed by atoms with E-state index in [-0.39, 0.29) is 152 Å². The Labute approximate surface area is 788 Å². The predicted octanol–water partition coefficient (Wildman–Crippen LogP) is 5.63. The molecule has 17 unspecified atom stereocenters. The number of fused-ring (bicyclic) bond motifs is 2. The molecule has 9 rings (SSSR count). The van der Waals surface area contributed by atoms with E-state index in [2.05, 4.69) is 55.7 Å². The number of amides is 8. The molecule has 724 valence electrons. The Bertz CT molecular complexity index is 4550. The number of thioether (sulfide) groups is 1. The first kappa shape index (κ1) is 107. The number of aliphatic hydroxyl groups is 5. The summed E-state index contributed by atoms with van der Waals surface area (Å²) in [6.07, 6.45) is -15.8. The Balaban J connectivity index is 0.889. The van der Waals surface area contributed by atoms with Gasteiger partial charge in [0.25, 0.3) is 0 Å². The predicted molar refractivity (Wildman–Crippen MR) is 489 cm³/mol. The van der Waals surface area contributed by atoms with E-state index in [1.54, 1.807) is 102 Å². The lowest BCUT2D eigenvalue weighted by Crippen LogP contribution is -2.65. The minimum atomic E-state index is -2.17. The SMILES string of the molecule is CCN(C(=O)OCc1ccc(NC(=O)[C@H](CCCNC(N)=O)CC(=O)[C@@H](NC(=O)CCCC(=O)N2CCC(C(=O)NC)CC2)C(C)C)cc1)C1COC(OC2C(O[C@H]3C#C/C=C\C#C[C@]4(O)CC(=O)C(NC(=O)OC)=C3/C4=C\CSSC(C)C)OC(C)C(NOC3CC(O)C(SC(=O)c4c(C)c(I)c(OC5OC(C)C(O)C(OC)C5O)c(OC)c4OC)C(C)O3)C2O)CC1OC. The molecule has 38 nitrogen and oxygen atoms in total. The maximum absolute atomic E-state index is 14.7. The third-order valence-electron chi connectivity index (χ3n) is 23.4. The number of ketones is 2. The number of allylic oxidation sites excluding steroid dienone is 3. The maximum Gasteiger partial charge on any atom is 0.411 e. The second-order valence-electron chi connectivity index (χ2n) is 33.1. The van der Waals surface area contributed by atoms with Crippen LogP contribution in [0.2, 0.25) is 0 Å². The van der Waals surface area contributed by atoms with Gasteiger partial charge in [-0.15, -0.1) is 0 Å². The summed E-state index contributed by atoms with van der Waals surface area (Å²) < 4.78 is 79.7. The molecule has 0 radical (unpaired) electrons. The number of primary amides is 1. The summed E-state index contributed by atoms with van der Waals surface area (Å²) in [5, 5.41) is 71.4. The van der Waals surface area contributed by atoms with E-state index in [4.69, 9.17) is 72.2 Å². The van der Waals surface area contributed by atoms with Gasteiger partial charge in [0.15, 0.2) is 47.5 Å². The highest BCUT2D eigenvalue weighted by molar-refractivity contribution is 14.1. The third kappa shape index (κ3) is 28.1. The summed E-state index contributed by atoms with van der Waals surface area (Å²) in [5.74, 6) is 8.06. The topological polar surface area (TPSA) is 506 Å². The quantitative estimate of drug-likeness (QED) is 0.0126. The second-order valence-corrected chi connectivity index (χ2v) is 38.3. The number of hydroxylamine groups is 1. The van der Waals surface area contributed by atoms with E-state index in [0.29, 0.717) is 46.3 Å². The zero-order valence-electron chi connectivity index (χ0n) is 76.2. The molecule has 5 aliphatic heterocycles. The monoisotopic (exact) mass is 2010 g/mol. The van der Waals surface area contributed by atoms with E-state index >= 15 is 0 Å². The molecule has 0 spiro atoms. The molecule has 8 amide bonds. The van der Waals surface area contributed by atoms with Crippen molar-refractivity contribution >= 4 is 120 Å². The highest BCUT2D eigenvalue weighted by Gasteiger charge is 2.53. The van der Waals surface area contributed by atoms with E-state index in [0.717, 1.165) is 18.9 Å². The van der Waals surface area contributed by atoms with Gasteiger partial charge >= 0.3 is 18.2 Å². The number of Topliss-reactive ketones (excluding diaryl/α,β-unsaturated/α-hetero) is 2. The minimum Gasteiger partial charge on any atom is -0.492 e. The number of halogens is 1. The van der Waals surface area contributed by atoms with Crippen molar-refractivity contribution in [3.63, 3.8) is 0 Å². The number of rotatable bonds is 40. The molecule has 2 aliphatic carbocycles. The lowest BCUT2D eigenvalue weighted by Gasteiger charge is -2.47. The van der Waals surface area contributed by atoms with Crippen LogP contribution in [-0.4, -0.2) is 302 Å². The number of alkyl carbamates (subject to hydrolysis) is 1. The maximum atomic E-state index is 14.7. The summed E-state index contributed by atoms with van der Waals surface area (Å²) in [6, 6.07) is 2.66. The molecule has 2 aromatic rings. The number of piperidine rings is 1. The number of anilines is 1. The average Bonchev–Trinajstić information content (AvgIpc) is 0.724. The first-order valence-corrected chi connectivity index (χ1v) is 47.9. The first-order valence-electron chi connectivity index (χ1n) is 43.5. The smallest absolute Gasteiger partial charge is 0.411 e. The van der Waals surface area contributed by atoms with Crippen LogP contribution in [0, 0.1) is 51.9 Å². The molecule has 13 N–H and O–H groups in total. The van der Waals surface area contributed by atoms with Gasteiger partial charge < -0.3 is 124 Å². The lowest BCUT2D eigenvalue weighted by atomic mass is 9.75. The van der Waals surface area contributed by atoms with Crippen LogP contribution in [0.3, 0.4) is 0 Å². The van der Waals surface area contributed by atoms with Crippen LogP contribution in [0.1, 0.15) is 148 Å². The normalized spacial score (nSPS) is 28.4. The van der Waals surface area contributed by atoms with Crippen molar-refractivity contribution in [3.8, 4) is 40.9 Å². The van der Waals surface area contributed by atoms with Crippen LogP contribution in [0.4, 0.5) is 20.1 Å². The van der Waals surface area contributed by atoms with Crippen LogP contribution >= 0.6 is 55.9 Å². The first-order chi connectivity index (χ1) is 62.4. The van der Waals surface area contributed by atoms with Crippen LogP contribution in [0.15, 0.2) is 59.3 Å². The van der Waals surface area contributed by atoms with Gasteiger partial charge in [0.05, 0.1) is 103 Å². The number of urea groups is 1. The van der Waals surface area contributed by atoms with Crippen molar-refractivity contribution < 1.29 is 140 Å². The molecule has 7 aliphatic rings. The Morgan fingerprint density at radius 1 is 0.817 bits per heavy atom.